The molecule has 0 radical (unpaired) electrons. The van der Waals surface area contributed by atoms with Crippen LogP contribution in [0.2, 0.25) is 0 Å². The van der Waals surface area contributed by atoms with Crippen LogP contribution in [0.15, 0.2) is 48.8 Å². The summed E-state index contributed by atoms with van der Waals surface area (Å²) < 4.78 is 0. The summed E-state index contributed by atoms with van der Waals surface area (Å²) in [6.45, 7) is 0.519. The average molecular weight is 279 g/mol. The second-order valence-corrected chi connectivity index (χ2v) is 4.71. The molecule has 0 bridgehead atoms. The fourth-order valence-electron chi connectivity index (χ4n) is 2.39. The van der Waals surface area contributed by atoms with Gasteiger partial charge in [0.15, 0.2) is 5.82 Å². The average Bonchev–Trinajstić information content (AvgIpc) is 2.99. The third kappa shape index (κ3) is 2.51. The molecular weight excluding hydrogens is 262 g/mol. The Morgan fingerprint density at radius 2 is 1.95 bits per heavy atom. The van der Waals surface area contributed by atoms with Crippen molar-refractivity contribution >= 4 is 5.82 Å². The standard InChI is InChI=1S/C16H17N5/c1-18-16-14(12-5-7-19-8-6-12)15(20-21-16)13-4-2-3-11(9-13)10-17/h2-9H,10,17H2,1H3,(H2,18,20,21). The zero-order chi connectivity index (χ0) is 14.7. The van der Waals surface area contributed by atoms with Crippen LogP contribution in [0.4, 0.5) is 5.82 Å². The first-order chi connectivity index (χ1) is 10.3. The number of hydrogen-bond donors (Lipinski definition) is 3. The van der Waals surface area contributed by atoms with Crippen molar-refractivity contribution in [2.24, 2.45) is 5.73 Å². The molecule has 5 heteroatoms. The van der Waals surface area contributed by atoms with Gasteiger partial charge in [-0.2, -0.15) is 5.10 Å². The Morgan fingerprint density at radius 1 is 1.14 bits per heavy atom. The van der Waals surface area contributed by atoms with E-state index in [4.69, 9.17) is 5.73 Å². The summed E-state index contributed by atoms with van der Waals surface area (Å²) in [5.41, 5.74) is 11.0. The van der Waals surface area contributed by atoms with E-state index in [9.17, 15) is 0 Å². The Kier molecular flexibility index (Phi) is 3.66. The second-order valence-electron chi connectivity index (χ2n) is 4.71. The van der Waals surface area contributed by atoms with Gasteiger partial charge in [-0.25, -0.2) is 0 Å². The molecule has 0 saturated heterocycles. The van der Waals surface area contributed by atoms with Gasteiger partial charge in [-0.1, -0.05) is 18.2 Å². The molecule has 21 heavy (non-hydrogen) atoms. The number of anilines is 1. The van der Waals surface area contributed by atoms with Crippen molar-refractivity contribution in [3.63, 3.8) is 0 Å². The van der Waals surface area contributed by atoms with Crippen LogP contribution in [0.5, 0.6) is 0 Å². The molecule has 4 N–H and O–H groups in total. The zero-order valence-electron chi connectivity index (χ0n) is 11.8. The van der Waals surface area contributed by atoms with Crippen molar-refractivity contribution in [3.05, 3.63) is 54.4 Å². The smallest absolute Gasteiger partial charge is 0.156 e. The van der Waals surface area contributed by atoms with Crippen LogP contribution >= 0.6 is 0 Å². The van der Waals surface area contributed by atoms with Crippen molar-refractivity contribution in [1.82, 2.24) is 15.2 Å². The maximum Gasteiger partial charge on any atom is 0.156 e. The van der Waals surface area contributed by atoms with E-state index in [1.807, 2.05) is 31.3 Å². The highest BCUT2D eigenvalue weighted by Gasteiger charge is 2.15. The Balaban J connectivity index is 2.17. The zero-order valence-corrected chi connectivity index (χ0v) is 11.8. The fourth-order valence-corrected chi connectivity index (χ4v) is 2.39. The quantitative estimate of drug-likeness (QED) is 0.686. The van der Waals surface area contributed by atoms with E-state index in [1.54, 1.807) is 12.4 Å². The van der Waals surface area contributed by atoms with E-state index in [0.29, 0.717) is 6.54 Å². The number of H-pyrrole nitrogens is 1. The number of nitrogens with zero attached hydrogens (tertiary/aromatic N) is 2. The van der Waals surface area contributed by atoms with Crippen LogP contribution in [-0.2, 0) is 6.54 Å². The minimum atomic E-state index is 0.519. The Morgan fingerprint density at radius 3 is 2.67 bits per heavy atom. The topological polar surface area (TPSA) is 79.6 Å². The van der Waals surface area contributed by atoms with Crippen LogP contribution < -0.4 is 11.1 Å². The molecule has 0 spiro atoms. The van der Waals surface area contributed by atoms with Gasteiger partial charge in [0, 0.05) is 31.5 Å². The molecule has 0 aliphatic carbocycles. The van der Waals surface area contributed by atoms with Gasteiger partial charge in [0.1, 0.15) is 0 Å². The number of rotatable bonds is 4. The van der Waals surface area contributed by atoms with Gasteiger partial charge in [0.05, 0.1) is 11.3 Å². The van der Waals surface area contributed by atoms with Crippen molar-refractivity contribution in [2.75, 3.05) is 12.4 Å². The van der Waals surface area contributed by atoms with E-state index in [-0.39, 0.29) is 0 Å². The summed E-state index contributed by atoms with van der Waals surface area (Å²) in [4.78, 5) is 4.07. The third-order valence-electron chi connectivity index (χ3n) is 3.42. The van der Waals surface area contributed by atoms with E-state index < -0.39 is 0 Å². The molecule has 3 aromatic rings. The molecule has 3 rings (SSSR count). The Hall–Kier alpha value is -2.66. The molecule has 0 amide bonds. The highest BCUT2D eigenvalue weighted by atomic mass is 15.2. The third-order valence-corrected chi connectivity index (χ3v) is 3.42. The number of hydrogen-bond acceptors (Lipinski definition) is 4. The summed E-state index contributed by atoms with van der Waals surface area (Å²) in [6, 6.07) is 12.1. The molecule has 0 unspecified atom stereocenters. The van der Waals surface area contributed by atoms with Crippen molar-refractivity contribution < 1.29 is 0 Å². The number of nitrogens with one attached hydrogen (secondary N) is 2. The predicted octanol–water partition coefficient (Wildman–Crippen LogP) is 2.64. The molecular formula is C16H17N5. The fraction of sp³-hybridized carbons (Fsp3) is 0.125. The van der Waals surface area contributed by atoms with Gasteiger partial charge in [-0.3, -0.25) is 10.1 Å². The highest BCUT2D eigenvalue weighted by molar-refractivity contribution is 5.88. The van der Waals surface area contributed by atoms with Gasteiger partial charge in [0.2, 0.25) is 0 Å². The van der Waals surface area contributed by atoms with Gasteiger partial charge in [-0.15, -0.1) is 0 Å². The molecule has 0 atom stereocenters. The molecule has 5 nitrogen and oxygen atoms in total. The molecule has 0 saturated carbocycles. The summed E-state index contributed by atoms with van der Waals surface area (Å²) in [5, 5.41) is 10.6. The van der Waals surface area contributed by atoms with E-state index in [1.165, 1.54) is 0 Å². The first-order valence-electron chi connectivity index (χ1n) is 6.79. The van der Waals surface area contributed by atoms with E-state index >= 15 is 0 Å². The van der Waals surface area contributed by atoms with Crippen LogP contribution in [0.1, 0.15) is 5.56 Å². The maximum atomic E-state index is 5.73. The summed E-state index contributed by atoms with van der Waals surface area (Å²) in [6.07, 6.45) is 3.56. The largest absolute Gasteiger partial charge is 0.371 e. The SMILES string of the molecule is CNc1n[nH]c(-c2cccc(CN)c2)c1-c1ccncc1. The molecule has 1 aromatic carbocycles. The first-order valence-corrected chi connectivity index (χ1v) is 6.79. The van der Waals surface area contributed by atoms with Crippen LogP contribution in [0, 0.1) is 0 Å². The summed E-state index contributed by atoms with van der Waals surface area (Å²) in [7, 11) is 1.86. The van der Waals surface area contributed by atoms with Gasteiger partial charge in [-0.05, 0) is 29.3 Å². The summed E-state index contributed by atoms with van der Waals surface area (Å²) in [5.74, 6) is 0.814. The molecule has 2 heterocycles. The molecule has 0 aliphatic rings. The number of benzene rings is 1. The van der Waals surface area contributed by atoms with Crippen LogP contribution in [-0.4, -0.2) is 22.2 Å². The lowest BCUT2D eigenvalue weighted by atomic mass is 10.0. The molecule has 2 aromatic heterocycles. The number of pyridine rings is 1. The number of aromatic nitrogens is 3. The number of aromatic amines is 1. The predicted molar refractivity (Wildman–Crippen MR) is 84.7 cm³/mol. The Labute approximate surface area is 123 Å². The Bertz CT molecular complexity index is 733. The van der Waals surface area contributed by atoms with Gasteiger partial charge >= 0.3 is 0 Å². The lowest BCUT2D eigenvalue weighted by Gasteiger charge is -2.07. The molecule has 0 fully saturated rings. The van der Waals surface area contributed by atoms with E-state index in [2.05, 4.69) is 32.6 Å². The summed E-state index contributed by atoms with van der Waals surface area (Å²) >= 11 is 0. The minimum Gasteiger partial charge on any atom is -0.371 e. The lowest BCUT2D eigenvalue weighted by molar-refractivity contribution is 1.07. The number of nitrogens with two attached hydrogens (primary N) is 1. The minimum absolute atomic E-state index is 0.519. The normalized spacial score (nSPS) is 10.6. The van der Waals surface area contributed by atoms with Crippen molar-refractivity contribution in [2.45, 2.75) is 6.54 Å². The van der Waals surface area contributed by atoms with Crippen LogP contribution in [0.3, 0.4) is 0 Å². The lowest BCUT2D eigenvalue weighted by Crippen LogP contribution is -1.96. The second kappa shape index (κ2) is 5.76. The first kappa shape index (κ1) is 13.3. The van der Waals surface area contributed by atoms with Gasteiger partial charge in [0.25, 0.3) is 0 Å². The maximum absolute atomic E-state index is 5.73. The molecule has 0 aliphatic heterocycles. The van der Waals surface area contributed by atoms with Crippen LogP contribution in [0.25, 0.3) is 22.4 Å². The molecule has 106 valence electrons. The highest BCUT2D eigenvalue weighted by Crippen LogP contribution is 2.35. The van der Waals surface area contributed by atoms with Crippen molar-refractivity contribution in [1.29, 1.82) is 0 Å². The van der Waals surface area contributed by atoms with Gasteiger partial charge < -0.3 is 11.1 Å². The monoisotopic (exact) mass is 279 g/mol. The van der Waals surface area contributed by atoms with E-state index in [0.717, 1.165) is 33.8 Å². The van der Waals surface area contributed by atoms with Crippen molar-refractivity contribution in [3.8, 4) is 22.4 Å².